The first-order valence-electron chi connectivity index (χ1n) is 9.49. The molecule has 6 heteroatoms. The lowest BCUT2D eigenvalue weighted by Crippen LogP contribution is -2.43. The molecule has 1 amide bonds. The maximum absolute atomic E-state index is 11.8. The van der Waals surface area contributed by atoms with Crippen molar-refractivity contribution in [3.8, 4) is 0 Å². The number of aliphatic imine (C=N–C) groups is 1. The van der Waals surface area contributed by atoms with Crippen molar-refractivity contribution in [1.82, 2.24) is 10.2 Å². The largest absolute Gasteiger partial charge is 0.352 e. The summed E-state index contributed by atoms with van der Waals surface area (Å²) >= 11 is 0. The minimum Gasteiger partial charge on any atom is -0.352 e. The first-order chi connectivity index (χ1) is 13.1. The molecule has 0 unspecified atom stereocenters. The van der Waals surface area contributed by atoms with Gasteiger partial charge in [-0.2, -0.15) is 0 Å². The Hall–Kier alpha value is -2.09. The van der Waals surface area contributed by atoms with Crippen LogP contribution in [-0.2, 0) is 24.3 Å². The third kappa shape index (κ3) is 5.70. The van der Waals surface area contributed by atoms with Crippen LogP contribution in [0.4, 0.5) is 5.69 Å². The van der Waals surface area contributed by atoms with E-state index in [0.717, 1.165) is 36.7 Å². The van der Waals surface area contributed by atoms with E-state index in [9.17, 15) is 4.79 Å². The van der Waals surface area contributed by atoms with Crippen LogP contribution in [0.1, 0.15) is 30.5 Å². The minimum atomic E-state index is -0.0238. The van der Waals surface area contributed by atoms with Crippen LogP contribution in [0.15, 0.2) is 53.5 Å². The molecule has 1 heterocycles. The number of amides is 1. The van der Waals surface area contributed by atoms with Gasteiger partial charge in [0.15, 0.2) is 5.96 Å². The first-order valence-corrected chi connectivity index (χ1v) is 9.49. The van der Waals surface area contributed by atoms with Gasteiger partial charge in [-0.15, -0.1) is 24.0 Å². The Bertz CT molecular complexity index is 818. The van der Waals surface area contributed by atoms with E-state index in [1.165, 1.54) is 11.1 Å². The number of fused-ring (bicyclic) bond motifs is 1. The van der Waals surface area contributed by atoms with E-state index in [0.29, 0.717) is 6.54 Å². The van der Waals surface area contributed by atoms with Crippen LogP contribution < -0.4 is 10.6 Å². The zero-order valence-corrected chi connectivity index (χ0v) is 19.1. The van der Waals surface area contributed by atoms with E-state index in [2.05, 4.69) is 44.8 Å². The number of carbonyl (C=O) groups excluding carboxylic acids is 1. The number of benzene rings is 2. The zero-order chi connectivity index (χ0) is 19.2. The number of halogens is 1. The predicted octanol–water partition coefficient (Wildman–Crippen LogP) is 4.03. The van der Waals surface area contributed by atoms with Gasteiger partial charge < -0.3 is 15.5 Å². The number of rotatable bonds is 4. The second-order valence-corrected chi connectivity index (χ2v) is 7.18. The molecule has 1 aliphatic rings. The van der Waals surface area contributed by atoms with Crippen LogP contribution in [0.25, 0.3) is 0 Å². The number of nitrogens with zero attached hydrogens (tertiary/aromatic N) is 2. The molecule has 0 saturated carbocycles. The third-order valence-corrected chi connectivity index (χ3v) is 4.84. The fourth-order valence-corrected chi connectivity index (χ4v) is 3.18. The Balaban J connectivity index is 0.00000280. The lowest BCUT2D eigenvalue weighted by molar-refractivity contribution is -0.118. The molecule has 0 bridgehead atoms. The monoisotopic (exact) mass is 492 g/mol. The highest BCUT2D eigenvalue weighted by molar-refractivity contribution is 14.0. The van der Waals surface area contributed by atoms with Crippen molar-refractivity contribution in [3.05, 3.63) is 65.2 Å². The second-order valence-electron chi connectivity index (χ2n) is 7.18. The second kappa shape index (κ2) is 10.5. The fourth-order valence-electron chi connectivity index (χ4n) is 3.18. The SMILES string of the molecule is CN=C(NCc1ccc(NC(=O)C(C)C)cc1)N1CCc2ccccc2C1.I. The van der Waals surface area contributed by atoms with Gasteiger partial charge in [-0.3, -0.25) is 9.79 Å². The van der Waals surface area contributed by atoms with Gasteiger partial charge in [-0.05, 0) is 35.2 Å². The van der Waals surface area contributed by atoms with Gasteiger partial charge in [0.05, 0.1) is 0 Å². The number of carbonyl (C=O) groups is 1. The first kappa shape index (κ1) is 22.2. The molecule has 0 fully saturated rings. The molecular formula is C22H29IN4O. The minimum absolute atomic E-state index is 0. The van der Waals surface area contributed by atoms with Gasteiger partial charge in [-0.1, -0.05) is 50.2 Å². The third-order valence-electron chi connectivity index (χ3n) is 4.84. The average Bonchev–Trinajstić information content (AvgIpc) is 2.69. The Morgan fingerprint density at radius 2 is 1.79 bits per heavy atom. The molecule has 0 aromatic heterocycles. The molecule has 3 rings (SSSR count). The molecule has 150 valence electrons. The molecule has 1 aliphatic heterocycles. The lowest BCUT2D eigenvalue weighted by atomic mass is 10.0. The van der Waals surface area contributed by atoms with E-state index in [-0.39, 0.29) is 35.8 Å². The van der Waals surface area contributed by atoms with Gasteiger partial charge in [0.2, 0.25) is 5.91 Å². The summed E-state index contributed by atoms with van der Waals surface area (Å²) in [7, 11) is 1.83. The maximum Gasteiger partial charge on any atom is 0.226 e. The van der Waals surface area contributed by atoms with Crippen molar-refractivity contribution in [2.45, 2.75) is 33.4 Å². The van der Waals surface area contributed by atoms with Crippen molar-refractivity contribution in [2.24, 2.45) is 10.9 Å². The van der Waals surface area contributed by atoms with Crippen LogP contribution in [0.3, 0.4) is 0 Å². The van der Waals surface area contributed by atoms with E-state index < -0.39 is 0 Å². The fraction of sp³-hybridized carbons (Fsp3) is 0.364. The summed E-state index contributed by atoms with van der Waals surface area (Å²) in [4.78, 5) is 18.5. The van der Waals surface area contributed by atoms with Gasteiger partial charge in [0.1, 0.15) is 0 Å². The van der Waals surface area contributed by atoms with Crippen LogP contribution in [-0.4, -0.2) is 30.4 Å². The highest BCUT2D eigenvalue weighted by Crippen LogP contribution is 2.18. The summed E-state index contributed by atoms with van der Waals surface area (Å²) in [5.41, 5.74) is 4.78. The van der Waals surface area contributed by atoms with Crippen LogP contribution in [0.2, 0.25) is 0 Å². The highest BCUT2D eigenvalue weighted by atomic mass is 127. The number of guanidine groups is 1. The van der Waals surface area contributed by atoms with Gasteiger partial charge in [0.25, 0.3) is 0 Å². The van der Waals surface area contributed by atoms with Crippen molar-refractivity contribution >= 4 is 41.5 Å². The molecule has 0 radical (unpaired) electrons. The van der Waals surface area contributed by atoms with Gasteiger partial charge in [-0.25, -0.2) is 0 Å². The molecule has 2 N–H and O–H groups in total. The standard InChI is InChI=1S/C22H28N4O.HI/c1-16(2)21(27)25-20-10-8-17(9-11-20)14-24-22(23-3)26-13-12-18-6-4-5-7-19(18)15-26;/h4-11,16H,12-15H2,1-3H3,(H,23,24)(H,25,27);1H. The Kier molecular flexibility index (Phi) is 8.29. The van der Waals surface area contributed by atoms with Crippen molar-refractivity contribution in [2.75, 3.05) is 18.9 Å². The van der Waals surface area contributed by atoms with E-state index in [4.69, 9.17) is 0 Å². The molecular weight excluding hydrogens is 463 g/mol. The summed E-state index contributed by atoms with van der Waals surface area (Å²) in [6.45, 7) is 6.33. The highest BCUT2D eigenvalue weighted by Gasteiger charge is 2.18. The molecule has 0 saturated heterocycles. The molecule has 0 atom stereocenters. The van der Waals surface area contributed by atoms with Crippen molar-refractivity contribution in [1.29, 1.82) is 0 Å². The van der Waals surface area contributed by atoms with Crippen LogP contribution in [0, 0.1) is 5.92 Å². The van der Waals surface area contributed by atoms with Crippen molar-refractivity contribution < 1.29 is 4.79 Å². The molecule has 0 aliphatic carbocycles. The Labute approximate surface area is 184 Å². The summed E-state index contributed by atoms with van der Waals surface area (Å²) in [5.74, 6) is 0.928. The van der Waals surface area contributed by atoms with E-state index in [1.807, 2.05) is 45.2 Å². The molecule has 0 spiro atoms. The molecule has 28 heavy (non-hydrogen) atoms. The summed E-state index contributed by atoms with van der Waals surface area (Å²) < 4.78 is 0. The van der Waals surface area contributed by atoms with Gasteiger partial charge in [0, 0.05) is 38.3 Å². The topological polar surface area (TPSA) is 56.7 Å². The predicted molar refractivity (Wildman–Crippen MR) is 126 cm³/mol. The number of hydrogen-bond acceptors (Lipinski definition) is 2. The maximum atomic E-state index is 11.8. The average molecular weight is 492 g/mol. The number of nitrogens with one attached hydrogen (secondary N) is 2. The van der Waals surface area contributed by atoms with Gasteiger partial charge >= 0.3 is 0 Å². The molecule has 2 aromatic rings. The van der Waals surface area contributed by atoms with Crippen LogP contribution in [0.5, 0.6) is 0 Å². The Morgan fingerprint density at radius 3 is 2.43 bits per heavy atom. The summed E-state index contributed by atoms with van der Waals surface area (Å²) in [6, 6.07) is 16.5. The smallest absolute Gasteiger partial charge is 0.226 e. The van der Waals surface area contributed by atoms with E-state index >= 15 is 0 Å². The molecule has 2 aromatic carbocycles. The normalized spacial score (nSPS) is 13.6. The quantitative estimate of drug-likeness (QED) is 0.385. The summed E-state index contributed by atoms with van der Waals surface area (Å²) in [5, 5.41) is 6.37. The zero-order valence-electron chi connectivity index (χ0n) is 16.7. The van der Waals surface area contributed by atoms with Crippen LogP contribution >= 0.6 is 24.0 Å². The molecule has 5 nitrogen and oxygen atoms in total. The van der Waals surface area contributed by atoms with Crippen molar-refractivity contribution in [3.63, 3.8) is 0 Å². The number of hydrogen-bond donors (Lipinski definition) is 2. The number of anilines is 1. The Morgan fingerprint density at radius 1 is 1.11 bits per heavy atom. The van der Waals surface area contributed by atoms with E-state index in [1.54, 1.807) is 0 Å². The summed E-state index contributed by atoms with van der Waals surface area (Å²) in [6.07, 6.45) is 1.04. The lowest BCUT2D eigenvalue weighted by Gasteiger charge is -2.31.